The highest BCUT2D eigenvalue weighted by atomic mass is 79.9. The first kappa shape index (κ1) is 16.8. The maximum absolute atomic E-state index is 12.7. The molecule has 9 heteroatoms. The SMILES string of the molecule is CCOC(=O)Cc1cc(C(F)(F)F)c(C(F)F)nc1Br. The van der Waals surface area contributed by atoms with Gasteiger partial charge >= 0.3 is 12.1 Å². The molecule has 0 atom stereocenters. The number of alkyl halides is 5. The van der Waals surface area contributed by atoms with Crippen LogP contribution in [0.15, 0.2) is 10.7 Å². The standard InChI is InChI=1S/C11H9BrF5NO2/c1-2-20-7(19)4-5-3-6(11(15,16)17)8(10(13)14)18-9(5)12/h3,10H,2,4H2,1H3. The smallest absolute Gasteiger partial charge is 0.418 e. The van der Waals surface area contributed by atoms with Gasteiger partial charge in [0.25, 0.3) is 6.43 Å². The zero-order chi connectivity index (χ0) is 15.5. The molecule has 1 aromatic heterocycles. The molecule has 0 unspecified atom stereocenters. The lowest BCUT2D eigenvalue weighted by Crippen LogP contribution is -2.15. The van der Waals surface area contributed by atoms with Gasteiger partial charge < -0.3 is 4.74 Å². The summed E-state index contributed by atoms with van der Waals surface area (Å²) in [4.78, 5) is 14.4. The largest absolute Gasteiger partial charge is 0.466 e. The Morgan fingerprint density at radius 2 is 2.05 bits per heavy atom. The second kappa shape index (κ2) is 6.47. The Morgan fingerprint density at radius 1 is 1.45 bits per heavy atom. The van der Waals surface area contributed by atoms with Crippen LogP contribution in [0.1, 0.15) is 30.2 Å². The molecule has 112 valence electrons. The summed E-state index contributed by atoms with van der Waals surface area (Å²) in [6.07, 6.45) is -8.85. The second-order valence-corrected chi connectivity index (χ2v) is 4.40. The highest BCUT2D eigenvalue weighted by Crippen LogP contribution is 2.37. The average Bonchev–Trinajstić information content (AvgIpc) is 2.29. The molecule has 3 nitrogen and oxygen atoms in total. The Bertz CT molecular complexity index is 504. The van der Waals surface area contributed by atoms with E-state index in [1.807, 2.05) is 0 Å². The van der Waals surface area contributed by atoms with Gasteiger partial charge in [0.15, 0.2) is 0 Å². The quantitative estimate of drug-likeness (QED) is 0.463. The predicted molar refractivity (Wildman–Crippen MR) is 62.2 cm³/mol. The van der Waals surface area contributed by atoms with Crippen LogP contribution in [-0.4, -0.2) is 17.6 Å². The van der Waals surface area contributed by atoms with Gasteiger partial charge in [-0.05, 0) is 34.5 Å². The van der Waals surface area contributed by atoms with Crippen molar-refractivity contribution in [1.29, 1.82) is 0 Å². The molecule has 0 aliphatic heterocycles. The number of rotatable bonds is 4. The van der Waals surface area contributed by atoms with Crippen LogP contribution in [0.25, 0.3) is 0 Å². The number of carbonyl (C=O) groups is 1. The summed E-state index contributed by atoms with van der Waals surface area (Å²) in [5, 5.41) is 0. The van der Waals surface area contributed by atoms with E-state index in [1.54, 1.807) is 0 Å². The summed E-state index contributed by atoms with van der Waals surface area (Å²) >= 11 is 2.78. The van der Waals surface area contributed by atoms with Crippen molar-refractivity contribution in [2.45, 2.75) is 25.9 Å². The molecular weight excluding hydrogens is 353 g/mol. The van der Waals surface area contributed by atoms with Crippen LogP contribution in [0.2, 0.25) is 0 Å². The number of carbonyl (C=O) groups excluding carboxylic acids is 1. The van der Waals surface area contributed by atoms with Gasteiger partial charge in [0, 0.05) is 0 Å². The van der Waals surface area contributed by atoms with Crippen molar-refractivity contribution in [3.63, 3.8) is 0 Å². The zero-order valence-electron chi connectivity index (χ0n) is 10.1. The Hall–Kier alpha value is -1.25. The van der Waals surface area contributed by atoms with Gasteiger partial charge in [-0.3, -0.25) is 4.79 Å². The number of halogens is 6. The fraction of sp³-hybridized carbons (Fsp3) is 0.455. The van der Waals surface area contributed by atoms with E-state index >= 15 is 0 Å². The Balaban J connectivity index is 3.25. The molecule has 20 heavy (non-hydrogen) atoms. The molecule has 0 aliphatic rings. The first-order chi connectivity index (χ1) is 9.16. The monoisotopic (exact) mass is 361 g/mol. The number of hydrogen-bond donors (Lipinski definition) is 0. The Morgan fingerprint density at radius 3 is 2.50 bits per heavy atom. The summed E-state index contributed by atoms with van der Waals surface area (Å²) in [6.45, 7) is 1.59. The lowest BCUT2D eigenvalue weighted by molar-refractivity contribution is -0.143. The van der Waals surface area contributed by atoms with E-state index in [0.717, 1.165) is 0 Å². The highest BCUT2D eigenvalue weighted by molar-refractivity contribution is 9.10. The topological polar surface area (TPSA) is 39.2 Å². The van der Waals surface area contributed by atoms with Gasteiger partial charge in [0.05, 0.1) is 18.6 Å². The number of ether oxygens (including phenoxy) is 1. The summed E-state index contributed by atoms with van der Waals surface area (Å²) in [5.74, 6) is -0.770. The van der Waals surface area contributed by atoms with E-state index in [1.165, 1.54) is 6.92 Å². The predicted octanol–water partition coefficient (Wildman–Crippen LogP) is 3.91. The summed E-state index contributed by atoms with van der Waals surface area (Å²) in [6, 6.07) is 0.482. The maximum Gasteiger partial charge on any atom is 0.418 e. The third-order valence-corrected chi connectivity index (χ3v) is 2.92. The lowest BCUT2D eigenvalue weighted by atomic mass is 10.1. The molecular formula is C11H9BrF5NO2. The van der Waals surface area contributed by atoms with E-state index in [2.05, 4.69) is 25.7 Å². The average molecular weight is 362 g/mol. The van der Waals surface area contributed by atoms with Crippen LogP contribution in [0.5, 0.6) is 0 Å². The van der Waals surface area contributed by atoms with E-state index < -0.39 is 36.2 Å². The number of hydrogen-bond acceptors (Lipinski definition) is 3. The first-order valence-corrected chi connectivity index (χ1v) is 6.16. The van der Waals surface area contributed by atoms with Crippen LogP contribution >= 0.6 is 15.9 Å². The molecule has 0 saturated heterocycles. The van der Waals surface area contributed by atoms with Crippen LogP contribution in [0.4, 0.5) is 22.0 Å². The molecule has 0 fully saturated rings. The summed E-state index contributed by atoms with van der Waals surface area (Å²) < 4.78 is 67.6. The van der Waals surface area contributed by atoms with Crippen LogP contribution in [0.3, 0.4) is 0 Å². The van der Waals surface area contributed by atoms with Crippen LogP contribution in [-0.2, 0) is 22.1 Å². The van der Waals surface area contributed by atoms with Gasteiger partial charge in [-0.2, -0.15) is 13.2 Å². The maximum atomic E-state index is 12.7. The van der Waals surface area contributed by atoms with Crippen molar-refractivity contribution >= 4 is 21.9 Å². The molecule has 0 N–H and O–H groups in total. The lowest BCUT2D eigenvalue weighted by Gasteiger charge is -2.14. The van der Waals surface area contributed by atoms with E-state index in [9.17, 15) is 26.7 Å². The molecule has 0 aromatic carbocycles. The van der Waals surface area contributed by atoms with E-state index in [0.29, 0.717) is 6.07 Å². The number of esters is 1. The van der Waals surface area contributed by atoms with E-state index in [-0.39, 0.29) is 16.8 Å². The van der Waals surface area contributed by atoms with Crippen LogP contribution in [0, 0.1) is 0 Å². The van der Waals surface area contributed by atoms with Crippen molar-refractivity contribution in [3.05, 3.63) is 27.5 Å². The van der Waals surface area contributed by atoms with Crippen LogP contribution < -0.4 is 0 Å². The Labute approximate surface area is 119 Å². The fourth-order valence-electron chi connectivity index (χ4n) is 1.43. The molecule has 1 aromatic rings. The van der Waals surface area contributed by atoms with Crippen molar-refractivity contribution in [3.8, 4) is 0 Å². The van der Waals surface area contributed by atoms with Crippen molar-refractivity contribution < 1.29 is 31.5 Å². The molecule has 0 spiro atoms. The van der Waals surface area contributed by atoms with Crippen molar-refractivity contribution in [1.82, 2.24) is 4.98 Å². The van der Waals surface area contributed by atoms with Gasteiger partial charge in [-0.15, -0.1) is 0 Å². The molecule has 0 aliphatic carbocycles. The molecule has 1 heterocycles. The van der Waals surface area contributed by atoms with Crippen molar-refractivity contribution in [2.75, 3.05) is 6.61 Å². The Kier molecular flexibility index (Phi) is 5.43. The minimum atomic E-state index is -4.98. The molecule has 0 bridgehead atoms. The van der Waals surface area contributed by atoms with Crippen molar-refractivity contribution in [2.24, 2.45) is 0 Å². The minimum absolute atomic E-state index is 0.0606. The first-order valence-electron chi connectivity index (χ1n) is 5.37. The minimum Gasteiger partial charge on any atom is -0.466 e. The number of nitrogens with zero attached hydrogens (tertiary/aromatic N) is 1. The summed E-state index contributed by atoms with van der Waals surface area (Å²) in [7, 11) is 0. The highest BCUT2D eigenvalue weighted by Gasteiger charge is 2.37. The fourth-order valence-corrected chi connectivity index (χ4v) is 1.88. The van der Waals surface area contributed by atoms with Gasteiger partial charge in [-0.25, -0.2) is 13.8 Å². The van der Waals surface area contributed by atoms with Gasteiger partial charge in [0.1, 0.15) is 10.3 Å². The van der Waals surface area contributed by atoms with Gasteiger partial charge in [0.2, 0.25) is 0 Å². The molecule has 1 rings (SSSR count). The number of pyridine rings is 1. The zero-order valence-corrected chi connectivity index (χ0v) is 11.7. The summed E-state index contributed by atoms with van der Waals surface area (Å²) in [5.41, 5.74) is -3.10. The normalized spacial score (nSPS) is 11.8. The van der Waals surface area contributed by atoms with E-state index in [4.69, 9.17) is 0 Å². The van der Waals surface area contributed by atoms with Gasteiger partial charge in [-0.1, -0.05) is 0 Å². The third-order valence-electron chi connectivity index (χ3n) is 2.23. The molecule has 0 amide bonds. The second-order valence-electron chi connectivity index (χ2n) is 3.65. The molecule has 0 saturated carbocycles. The molecule has 0 radical (unpaired) electrons. The number of aromatic nitrogens is 1. The third kappa shape index (κ3) is 4.12.